The Morgan fingerprint density at radius 1 is 1.30 bits per heavy atom. The third-order valence-corrected chi connectivity index (χ3v) is 3.75. The highest BCUT2D eigenvalue weighted by atomic mass is 35.5. The van der Waals surface area contributed by atoms with Crippen LogP contribution in [0, 0.1) is 0 Å². The van der Waals surface area contributed by atoms with Gasteiger partial charge in [0.1, 0.15) is 5.75 Å². The summed E-state index contributed by atoms with van der Waals surface area (Å²) in [6.07, 6.45) is -1.97. The summed E-state index contributed by atoms with van der Waals surface area (Å²) >= 11 is 0. The number of amides is 1. The summed E-state index contributed by atoms with van der Waals surface area (Å²) in [6.45, 7) is 1.20. The van der Waals surface area contributed by atoms with Crippen molar-refractivity contribution in [2.45, 2.75) is 38.1 Å². The number of hydrogen-bond acceptors (Lipinski definition) is 3. The second-order valence-electron chi connectivity index (χ2n) is 5.31. The van der Waals surface area contributed by atoms with Gasteiger partial charge in [0.25, 0.3) is 0 Å². The third kappa shape index (κ3) is 5.91. The van der Waals surface area contributed by atoms with E-state index in [9.17, 15) is 18.0 Å². The van der Waals surface area contributed by atoms with Crippen molar-refractivity contribution < 1.29 is 22.7 Å². The minimum atomic E-state index is -4.69. The van der Waals surface area contributed by atoms with Crippen molar-refractivity contribution in [3.63, 3.8) is 0 Å². The van der Waals surface area contributed by atoms with Crippen molar-refractivity contribution in [3.8, 4) is 5.75 Å². The first-order valence-electron chi connectivity index (χ1n) is 7.23. The van der Waals surface area contributed by atoms with Gasteiger partial charge >= 0.3 is 6.36 Å². The van der Waals surface area contributed by atoms with Gasteiger partial charge in [0.2, 0.25) is 5.91 Å². The Bertz CT molecular complexity index is 508. The van der Waals surface area contributed by atoms with Gasteiger partial charge in [-0.2, -0.15) is 0 Å². The van der Waals surface area contributed by atoms with Crippen LogP contribution in [0.2, 0.25) is 0 Å². The molecule has 2 rings (SSSR count). The van der Waals surface area contributed by atoms with Gasteiger partial charge in [0.05, 0.1) is 0 Å². The summed E-state index contributed by atoms with van der Waals surface area (Å²) in [5.74, 6) is -0.214. The molecule has 0 aliphatic carbocycles. The van der Waals surface area contributed by atoms with Crippen molar-refractivity contribution in [1.29, 1.82) is 0 Å². The zero-order chi connectivity index (χ0) is 16.2. The van der Waals surface area contributed by atoms with Crippen LogP contribution in [-0.4, -0.2) is 36.3 Å². The Morgan fingerprint density at radius 2 is 1.96 bits per heavy atom. The summed E-state index contributed by atoms with van der Waals surface area (Å²) in [5.41, 5.74) is 6.43. The Labute approximate surface area is 139 Å². The Balaban J connectivity index is 0.00000264. The van der Waals surface area contributed by atoms with E-state index in [-0.39, 0.29) is 30.1 Å². The first-order valence-corrected chi connectivity index (χ1v) is 7.23. The van der Waals surface area contributed by atoms with Crippen LogP contribution in [0.3, 0.4) is 0 Å². The Morgan fingerprint density at radius 3 is 2.52 bits per heavy atom. The van der Waals surface area contributed by atoms with E-state index in [0.717, 1.165) is 24.9 Å². The summed E-state index contributed by atoms with van der Waals surface area (Å²) < 4.78 is 40.0. The monoisotopic (exact) mass is 352 g/mol. The van der Waals surface area contributed by atoms with Crippen molar-refractivity contribution in [2.24, 2.45) is 5.73 Å². The largest absolute Gasteiger partial charge is 0.573 e. The number of aryl methyl sites for hydroxylation is 1. The number of nitrogens with two attached hydrogens (primary N) is 1. The van der Waals surface area contributed by atoms with E-state index >= 15 is 0 Å². The van der Waals surface area contributed by atoms with E-state index in [4.69, 9.17) is 5.73 Å². The number of carbonyl (C=O) groups excluding carboxylic acids is 1. The molecule has 0 bridgehead atoms. The maximum absolute atomic E-state index is 12.1. The zero-order valence-corrected chi connectivity index (χ0v) is 13.3. The topological polar surface area (TPSA) is 55.6 Å². The first-order chi connectivity index (χ1) is 10.4. The molecule has 1 amide bonds. The predicted octanol–water partition coefficient (Wildman–Crippen LogP) is 2.89. The highest BCUT2D eigenvalue weighted by molar-refractivity contribution is 5.85. The molecular formula is C15H20ClF3N2O2. The minimum Gasteiger partial charge on any atom is -0.406 e. The van der Waals surface area contributed by atoms with Gasteiger partial charge in [-0.05, 0) is 37.0 Å². The molecule has 1 aliphatic heterocycles. The molecule has 1 fully saturated rings. The lowest BCUT2D eigenvalue weighted by Gasteiger charge is -2.23. The number of carbonyl (C=O) groups is 1. The minimum absolute atomic E-state index is 0. The van der Waals surface area contributed by atoms with Crippen LogP contribution in [0.5, 0.6) is 5.75 Å². The van der Waals surface area contributed by atoms with Gasteiger partial charge in [-0.15, -0.1) is 25.6 Å². The summed E-state index contributed by atoms with van der Waals surface area (Å²) in [5, 5.41) is 0. The maximum Gasteiger partial charge on any atom is 0.573 e. The van der Waals surface area contributed by atoms with Crippen molar-refractivity contribution in [3.05, 3.63) is 29.8 Å². The van der Waals surface area contributed by atoms with E-state index in [1.54, 1.807) is 17.0 Å². The average molecular weight is 353 g/mol. The second kappa shape index (κ2) is 8.40. The van der Waals surface area contributed by atoms with E-state index in [0.29, 0.717) is 19.4 Å². The number of benzene rings is 1. The molecule has 1 saturated heterocycles. The molecule has 8 heteroatoms. The predicted molar refractivity (Wildman–Crippen MR) is 82.5 cm³/mol. The van der Waals surface area contributed by atoms with Gasteiger partial charge in [0.15, 0.2) is 0 Å². The number of alkyl halides is 3. The number of rotatable bonds is 5. The van der Waals surface area contributed by atoms with Crippen LogP contribution < -0.4 is 10.5 Å². The van der Waals surface area contributed by atoms with Crippen LogP contribution in [-0.2, 0) is 11.2 Å². The molecule has 1 aromatic rings. The van der Waals surface area contributed by atoms with Crippen LogP contribution in [0.25, 0.3) is 0 Å². The van der Waals surface area contributed by atoms with Crippen LogP contribution >= 0.6 is 12.4 Å². The molecule has 0 spiro atoms. The molecule has 0 radical (unpaired) electrons. The molecule has 1 unspecified atom stereocenters. The Hall–Kier alpha value is -1.47. The van der Waals surface area contributed by atoms with E-state index in [1.807, 2.05) is 0 Å². The zero-order valence-electron chi connectivity index (χ0n) is 12.5. The molecule has 130 valence electrons. The summed E-state index contributed by atoms with van der Waals surface area (Å²) in [7, 11) is 0. The fourth-order valence-corrected chi connectivity index (χ4v) is 2.66. The number of nitrogens with zero attached hydrogens (tertiary/aromatic N) is 1. The lowest BCUT2D eigenvalue weighted by Crippen LogP contribution is -2.39. The first kappa shape index (κ1) is 19.6. The molecule has 1 atom stereocenters. The molecule has 1 aromatic carbocycles. The highest BCUT2D eigenvalue weighted by Crippen LogP contribution is 2.23. The summed E-state index contributed by atoms with van der Waals surface area (Å²) in [6, 6.07) is 5.71. The van der Waals surface area contributed by atoms with Crippen LogP contribution in [0.4, 0.5) is 13.2 Å². The second-order valence-corrected chi connectivity index (χ2v) is 5.31. The number of halogens is 4. The molecule has 2 N–H and O–H groups in total. The smallest absolute Gasteiger partial charge is 0.406 e. The lowest BCUT2D eigenvalue weighted by atomic mass is 10.1. The Kier molecular flexibility index (Phi) is 7.15. The van der Waals surface area contributed by atoms with Gasteiger partial charge in [0, 0.05) is 25.6 Å². The fourth-order valence-electron chi connectivity index (χ4n) is 2.66. The molecule has 4 nitrogen and oxygen atoms in total. The van der Waals surface area contributed by atoms with Gasteiger partial charge in [-0.1, -0.05) is 12.1 Å². The molecular weight excluding hydrogens is 333 g/mol. The van der Waals surface area contributed by atoms with E-state index in [1.165, 1.54) is 12.1 Å². The lowest BCUT2D eigenvalue weighted by molar-refractivity contribution is -0.274. The highest BCUT2D eigenvalue weighted by Gasteiger charge is 2.31. The molecule has 0 saturated carbocycles. The maximum atomic E-state index is 12.1. The van der Waals surface area contributed by atoms with Crippen molar-refractivity contribution >= 4 is 18.3 Å². The van der Waals surface area contributed by atoms with Crippen molar-refractivity contribution in [2.75, 3.05) is 13.1 Å². The molecule has 1 heterocycles. The SMILES string of the molecule is Cl.NCC1CCCN1C(=O)CCc1ccc(OC(F)(F)F)cc1. The van der Waals surface area contributed by atoms with E-state index < -0.39 is 6.36 Å². The summed E-state index contributed by atoms with van der Waals surface area (Å²) in [4.78, 5) is 13.9. The fraction of sp³-hybridized carbons (Fsp3) is 0.533. The number of likely N-dealkylation sites (tertiary alicyclic amines) is 1. The van der Waals surface area contributed by atoms with Gasteiger partial charge in [-0.25, -0.2) is 0 Å². The van der Waals surface area contributed by atoms with Crippen LogP contribution in [0.15, 0.2) is 24.3 Å². The van der Waals surface area contributed by atoms with Crippen LogP contribution in [0.1, 0.15) is 24.8 Å². The standard InChI is InChI=1S/C15H19F3N2O2.ClH/c16-15(17,18)22-13-6-3-11(4-7-13)5-8-14(21)20-9-1-2-12(20)10-19;/h3-4,6-7,12H,1-2,5,8-10,19H2;1H. The van der Waals surface area contributed by atoms with Crippen molar-refractivity contribution in [1.82, 2.24) is 4.90 Å². The molecule has 0 aromatic heterocycles. The normalized spacial score (nSPS) is 17.7. The van der Waals surface area contributed by atoms with E-state index in [2.05, 4.69) is 4.74 Å². The molecule has 1 aliphatic rings. The number of ether oxygens (including phenoxy) is 1. The third-order valence-electron chi connectivity index (χ3n) is 3.75. The average Bonchev–Trinajstić information content (AvgIpc) is 2.93. The quantitative estimate of drug-likeness (QED) is 0.886. The molecule has 23 heavy (non-hydrogen) atoms. The van der Waals surface area contributed by atoms with Gasteiger partial charge in [-0.3, -0.25) is 4.79 Å². The van der Waals surface area contributed by atoms with Gasteiger partial charge < -0.3 is 15.4 Å². The number of hydrogen-bond donors (Lipinski definition) is 1.